The van der Waals surface area contributed by atoms with E-state index in [9.17, 15) is 9.59 Å². The van der Waals surface area contributed by atoms with Crippen LogP contribution >= 0.6 is 0 Å². The highest BCUT2D eigenvalue weighted by Crippen LogP contribution is 2.35. The lowest BCUT2D eigenvalue weighted by Gasteiger charge is -2.32. The van der Waals surface area contributed by atoms with E-state index < -0.39 is 0 Å². The van der Waals surface area contributed by atoms with Gasteiger partial charge in [0.2, 0.25) is 0 Å². The zero-order valence-electron chi connectivity index (χ0n) is 15.7. The van der Waals surface area contributed by atoms with Gasteiger partial charge in [-0.3, -0.25) is 9.59 Å². The van der Waals surface area contributed by atoms with Crippen molar-refractivity contribution in [2.45, 2.75) is 38.6 Å². The van der Waals surface area contributed by atoms with Gasteiger partial charge < -0.3 is 14.3 Å². The molecule has 0 fully saturated rings. The lowest BCUT2D eigenvalue weighted by Crippen LogP contribution is -2.39. The molecule has 0 spiro atoms. The number of fused-ring (bicyclic) bond motifs is 2. The van der Waals surface area contributed by atoms with Gasteiger partial charge >= 0.3 is 0 Å². The first kappa shape index (κ1) is 17.0. The fourth-order valence-electron chi connectivity index (χ4n) is 4.45. The van der Waals surface area contributed by atoms with Gasteiger partial charge in [-0.1, -0.05) is 30.3 Å². The van der Waals surface area contributed by atoms with E-state index in [0.29, 0.717) is 48.6 Å². The molecule has 1 aliphatic heterocycles. The van der Waals surface area contributed by atoms with E-state index in [0.717, 1.165) is 23.4 Å². The van der Waals surface area contributed by atoms with Gasteiger partial charge in [-0.25, -0.2) is 4.98 Å². The number of rotatable bonds is 2. The van der Waals surface area contributed by atoms with Gasteiger partial charge in [0.25, 0.3) is 5.91 Å². The van der Waals surface area contributed by atoms with E-state index in [1.54, 1.807) is 18.2 Å². The van der Waals surface area contributed by atoms with Crippen LogP contribution in [0.25, 0.3) is 0 Å². The first-order valence-electron chi connectivity index (χ1n) is 9.65. The summed E-state index contributed by atoms with van der Waals surface area (Å²) in [6.45, 7) is 2.75. The van der Waals surface area contributed by atoms with Crippen molar-refractivity contribution < 1.29 is 14.0 Å². The average molecular weight is 375 g/mol. The number of Topliss-reactive ketones (excluding diaryl/α,β-unsaturated/α-hetero) is 1. The van der Waals surface area contributed by atoms with Crippen LogP contribution in [0, 0.1) is 6.92 Å². The number of carbonyl (C=O) groups excluding carboxylic acids is 2. The Kier molecular flexibility index (Phi) is 3.93. The summed E-state index contributed by atoms with van der Waals surface area (Å²) in [6, 6.07) is 10.1. The van der Waals surface area contributed by atoms with Crippen LogP contribution in [0.2, 0.25) is 0 Å². The summed E-state index contributed by atoms with van der Waals surface area (Å²) in [6.07, 6.45) is 3.66. The second-order valence-corrected chi connectivity index (χ2v) is 7.52. The van der Waals surface area contributed by atoms with Crippen LogP contribution in [0.15, 0.2) is 41.1 Å². The van der Waals surface area contributed by atoms with Gasteiger partial charge in [-0.2, -0.15) is 0 Å². The summed E-state index contributed by atoms with van der Waals surface area (Å²) in [7, 11) is 0. The zero-order valence-corrected chi connectivity index (χ0v) is 15.7. The molecule has 1 unspecified atom stereocenters. The van der Waals surface area contributed by atoms with Crippen molar-refractivity contribution in [2.24, 2.45) is 0 Å². The van der Waals surface area contributed by atoms with Crippen molar-refractivity contribution in [3.8, 4) is 0 Å². The summed E-state index contributed by atoms with van der Waals surface area (Å²) in [5.74, 6) is 1.07. The van der Waals surface area contributed by atoms with Crippen LogP contribution in [-0.2, 0) is 13.0 Å². The molecule has 3 aromatic rings. The average Bonchev–Trinajstić information content (AvgIpc) is 3.31. The van der Waals surface area contributed by atoms with Crippen LogP contribution in [0.1, 0.15) is 67.9 Å². The molecule has 28 heavy (non-hydrogen) atoms. The number of furan rings is 1. The lowest BCUT2D eigenvalue weighted by atomic mass is 9.89. The second-order valence-electron chi connectivity index (χ2n) is 7.52. The Morgan fingerprint density at radius 1 is 1.25 bits per heavy atom. The van der Waals surface area contributed by atoms with Gasteiger partial charge in [0.05, 0.1) is 35.4 Å². The van der Waals surface area contributed by atoms with Crippen LogP contribution < -0.4 is 0 Å². The number of amides is 1. The Bertz CT molecular complexity index is 1060. The number of carbonyl (C=O) groups is 2. The highest BCUT2D eigenvalue weighted by molar-refractivity contribution is 6.10. The van der Waals surface area contributed by atoms with Gasteiger partial charge in [0, 0.05) is 25.3 Å². The Hall–Kier alpha value is -3.15. The molecule has 6 heteroatoms. The van der Waals surface area contributed by atoms with Crippen LogP contribution in [0.4, 0.5) is 0 Å². The number of imidazole rings is 1. The maximum atomic E-state index is 13.5. The summed E-state index contributed by atoms with van der Waals surface area (Å²) >= 11 is 0. The quantitative estimate of drug-likeness (QED) is 0.742. The van der Waals surface area contributed by atoms with E-state index >= 15 is 0 Å². The topological polar surface area (TPSA) is 79.2 Å². The number of nitrogens with one attached hydrogen (secondary N) is 1. The summed E-state index contributed by atoms with van der Waals surface area (Å²) in [4.78, 5) is 35.5. The Morgan fingerprint density at radius 3 is 2.89 bits per heavy atom. The third-order valence-electron chi connectivity index (χ3n) is 5.78. The summed E-state index contributed by atoms with van der Waals surface area (Å²) in [5, 5.41) is 0. The third-order valence-corrected chi connectivity index (χ3v) is 5.78. The number of aromatic amines is 1. The highest BCUT2D eigenvalue weighted by atomic mass is 16.3. The number of H-pyrrole nitrogens is 1. The smallest absolute Gasteiger partial charge is 0.258 e. The van der Waals surface area contributed by atoms with E-state index in [4.69, 9.17) is 4.42 Å². The van der Waals surface area contributed by atoms with E-state index in [-0.39, 0.29) is 17.6 Å². The van der Waals surface area contributed by atoms with Gasteiger partial charge in [0.1, 0.15) is 11.5 Å². The molecule has 1 aliphatic carbocycles. The van der Waals surface area contributed by atoms with Gasteiger partial charge in [-0.05, 0) is 18.9 Å². The summed E-state index contributed by atoms with van der Waals surface area (Å²) in [5.41, 5.74) is 3.98. The maximum Gasteiger partial charge on any atom is 0.258 e. The molecule has 6 nitrogen and oxygen atoms in total. The molecule has 2 aliphatic rings. The molecule has 0 bridgehead atoms. The van der Waals surface area contributed by atoms with Crippen molar-refractivity contribution in [3.05, 3.63) is 76.3 Å². The minimum absolute atomic E-state index is 0.00103. The molecular formula is C22H21N3O3. The number of aryl methyl sites for hydroxylation is 2. The van der Waals surface area contributed by atoms with Crippen LogP contribution in [0.5, 0.6) is 0 Å². The Morgan fingerprint density at radius 2 is 2.07 bits per heavy atom. The molecule has 0 saturated heterocycles. The standard InChI is InChI=1S/C22H21N3O3/c1-13-19(20-17(26)8-5-9-18(20)28-13)22(27)25-10-15(14-6-3-2-4-7-14)21-16(11-25)23-12-24-21/h2-4,6-7,12,15H,5,8-11H2,1H3,(H,23,24). The minimum atomic E-state index is -0.140. The lowest BCUT2D eigenvalue weighted by molar-refractivity contribution is 0.0715. The molecule has 5 rings (SSSR count). The fourth-order valence-corrected chi connectivity index (χ4v) is 4.45. The second kappa shape index (κ2) is 6.48. The van der Waals surface area contributed by atoms with E-state index in [1.165, 1.54) is 0 Å². The van der Waals surface area contributed by atoms with E-state index in [1.807, 2.05) is 18.2 Å². The minimum Gasteiger partial charge on any atom is -0.465 e. The molecule has 1 aromatic carbocycles. The Labute approximate surface area is 162 Å². The molecule has 1 N–H and O–H groups in total. The Balaban J connectivity index is 1.54. The first-order valence-corrected chi connectivity index (χ1v) is 9.65. The van der Waals surface area contributed by atoms with Crippen molar-refractivity contribution in [2.75, 3.05) is 6.54 Å². The molecule has 142 valence electrons. The predicted octanol–water partition coefficient (Wildman–Crippen LogP) is 3.62. The maximum absolute atomic E-state index is 13.5. The van der Waals surface area contributed by atoms with Gasteiger partial charge in [0.15, 0.2) is 5.78 Å². The monoisotopic (exact) mass is 375 g/mol. The van der Waals surface area contributed by atoms with Crippen molar-refractivity contribution in [3.63, 3.8) is 0 Å². The van der Waals surface area contributed by atoms with Crippen molar-refractivity contribution in [1.82, 2.24) is 14.9 Å². The highest BCUT2D eigenvalue weighted by Gasteiger charge is 2.36. The number of ketones is 1. The van der Waals surface area contributed by atoms with E-state index in [2.05, 4.69) is 22.1 Å². The number of benzene rings is 1. The first-order chi connectivity index (χ1) is 13.6. The molecule has 0 radical (unpaired) electrons. The molecular weight excluding hydrogens is 354 g/mol. The SMILES string of the molecule is Cc1oc2c(c1C(=O)N1Cc3[nH]cnc3C(c3ccccc3)C1)C(=O)CCC2. The summed E-state index contributed by atoms with van der Waals surface area (Å²) < 4.78 is 5.80. The largest absolute Gasteiger partial charge is 0.465 e. The van der Waals surface area contributed by atoms with Gasteiger partial charge in [-0.15, -0.1) is 0 Å². The van der Waals surface area contributed by atoms with Crippen molar-refractivity contribution >= 4 is 11.7 Å². The van der Waals surface area contributed by atoms with Crippen molar-refractivity contribution in [1.29, 1.82) is 0 Å². The normalized spacial score (nSPS) is 18.7. The number of aromatic nitrogens is 2. The molecule has 1 amide bonds. The number of hydrogen-bond donors (Lipinski definition) is 1. The molecule has 2 aromatic heterocycles. The molecule has 1 atom stereocenters. The number of nitrogens with zero attached hydrogens (tertiary/aromatic N) is 2. The fraction of sp³-hybridized carbons (Fsp3) is 0.318. The molecule has 3 heterocycles. The number of hydrogen-bond acceptors (Lipinski definition) is 4. The zero-order chi connectivity index (χ0) is 19.3. The van der Waals surface area contributed by atoms with Crippen LogP contribution in [0.3, 0.4) is 0 Å². The third kappa shape index (κ3) is 2.59. The molecule has 0 saturated carbocycles. The predicted molar refractivity (Wildman–Crippen MR) is 102 cm³/mol. The van der Waals surface area contributed by atoms with Crippen LogP contribution in [-0.4, -0.2) is 33.1 Å².